The number of amides is 1. The van der Waals surface area contributed by atoms with Crippen LogP contribution in [0.3, 0.4) is 0 Å². The van der Waals surface area contributed by atoms with Gasteiger partial charge < -0.3 is 5.32 Å². The molecule has 1 aliphatic heterocycles. The second kappa shape index (κ2) is 8.28. The number of unbranched alkanes of at least 4 members (excludes halogenated alkanes) is 1. The van der Waals surface area contributed by atoms with Crippen LogP contribution in [0.25, 0.3) is 0 Å². The largest absolute Gasteiger partial charge is 0.356 e. The van der Waals surface area contributed by atoms with Crippen molar-refractivity contribution in [2.24, 2.45) is 5.92 Å². The van der Waals surface area contributed by atoms with Gasteiger partial charge in [-0.2, -0.15) is 0 Å². The van der Waals surface area contributed by atoms with Crippen molar-refractivity contribution < 1.29 is 9.18 Å². The molecule has 2 rings (SSSR count). The summed E-state index contributed by atoms with van der Waals surface area (Å²) < 4.78 is 13.3. The first-order valence-electron chi connectivity index (χ1n) is 8.39. The molecule has 1 atom stereocenters. The Bertz CT molecular complexity index is 484. The Kier molecular flexibility index (Phi) is 6.37. The summed E-state index contributed by atoms with van der Waals surface area (Å²) in [6.07, 6.45) is 3.92. The van der Waals surface area contributed by atoms with Crippen molar-refractivity contribution >= 4 is 5.91 Å². The number of nitrogens with zero attached hydrogens (tertiary/aromatic N) is 1. The molecule has 1 amide bonds. The van der Waals surface area contributed by atoms with E-state index in [-0.39, 0.29) is 23.7 Å². The van der Waals surface area contributed by atoms with Crippen molar-refractivity contribution in [2.45, 2.75) is 45.6 Å². The van der Waals surface area contributed by atoms with Crippen molar-refractivity contribution in [2.75, 3.05) is 19.6 Å². The van der Waals surface area contributed by atoms with Crippen LogP contribution in [0.2, 0.25) is 0 Å². The van der Waals surface area contributed by atoms with E-state index in [1.165, 1.54) is 6.07 Å². The van der Waals surface area contributed by atoms with Crippen molar-refractivity contribution in [3.8, 4) is 0 Å². The summed E-state index contributed by atoms with van der Waals surface area (Å²) >= 11 is 0. The van der Waals surface area contributed by atoms with Crippen LogP contribution in [0.15, 0.2) is 24.3 Å². The molecule has 1 aromatic rings. The average Bonchev–Trinajstić information content (AvgIpc) is 2.54. The van der Waals surface area contributed by atoms with Crippen LogP contribution in [0.1, 0.15) is 51.1 Å². The molecule has 3 nitrogen and oxygen atoms in total. The lowest BCUT2D eigenvalue weighted by atomic mass is 9.94. The molecule has 0 bridgehead atoms. The van der Waals surface area contributed by atoms with Gasteiger partial charge in [-0.15, -0.1) is 0 Å². The Morgan fingerprint density at radius 3 is 2.77 bits per heavy atom. The average molecular weight is 306 g/mol. The number of benzene rings is 1. The minimum Gasteiger partial charge on any atom is -0.356 e. The van der Waals surface area contributed by atoms with E-state index in [0.29, 0.717) is 0 Å². The molecule has 1 N–H and O–H groups in total. The van der Waals surface area contributed by atoms with Crippen molar-refractivity contribution in [1.82, 2.24) is 10.2 Å². The second-order valence-electron chi connectivity index (χ2n) is 6.19. The highest BCUT2D eigenvalue weighted by Crippen LogP contribution is 2.27. The molecule has 0 saturated carbocycles. The Labute approximate surface area is 132 Å². The Hall–Kier alpha value is -1.42. The summed E-state index contributed by atoms with van der Waals surface area (Å²) in [4.78, 5) is 14.4. The van der Waals surface area contributed by atoms with Crippen LogP contribution >= 0.6 is 0 Å². The third-order valence-corrected chi connectivity index (χ3v) is 4.61. The van der Waals surface area contributed by atoms with Crippen LogP contribution in [0, 0.1) is 11.7 Å². The Balaban J connectivity index is 1.82. The second-order valence-corrected chi connectivity index (χ2v) is 6.19. The number of likely N-dealkylation sites (tertiary alicyclic amines) is 1. The van der Waals surface area contributed by atoms with Crippen LogP contribution in [0.5, 0.6) is 0 Å². The summed E-state index contributed by atoms with van der Waals surface area (Å²) in [5.74, 6) is 0.147. The summed E-state index contributed by atoms with van der Waals surface area (Å²) in [5.41, 5.74) is 1.01. The van der Waals surface area contributed by atoms with E-state index < -0.39 is 0 Å². The molecule has 0 spiro atoms. The highest BCUT2D eigenvalue weighted by atomic mass is 19.1. The van der Waals surface area contributed by atoms with Gasteiger partial charge in [0.25, 0.3) is 0 Å². The monoisotopic (exact) mass is 306 g/mol. The van der Waals surface area contributed by atoms with Gasteiger partial charge >= 0.3 is 0 Å². The first-order chi connectivity index (χ1) is 10.6. The zero-order chi connectivity index (χ0) is 15.9. The molecule has 1 fully saturated rings. The summed E-state index contributed by atoms with van der Waals surface area (Å²) in [5, 5.41) is 3.03. The number of piperidine rings is 1. The quantitative estimate of drug-likeness (QED) is 0.816. The Morgan fingerprint density at radius 2 is 2.14 bits per heavy atom. The number of halogens is 1. The molecule has 1 heterocycles. The minimum atomic E-state index is -0.186. The van der Waals surface area contributed by atoms with Crippen LogP contribution in [-0.2, 0) is 4.79 Å². The Morgan fingerprint density at radius 1 is 1.41 bits per heavy atom. The van der Waals surface area contributed by atoms with Crippen LogP contribution in [0.4, 0.5) is 4.39 Å². The molecule has 0 unspecified atom stereocenters. The number of rotatable bonds is 6. The van der Waals surface area contributed by atoms with Crippen molar-refractivity contribution in [3.05, 3.63) is 35.6 Å². The zero-order valence-electron chi connectivity index (χ0n) is 13.6. The van der Waals surface area contributed by atoms with Crippen molar-refractivity contribution in [3.63, 3.8) is 0 Å². The molecular formula is C18H27FN2O. The van der Waals surface area contributed by atoms with E-state index in [1.54, 1.807) is 12.1 Å². The first kappa shape index (κ1) is 16.9. The maximum Gasteiger partial charge on any atom is 0.223 e. The fraction of sp³-hybridized carbons (Fsp3) is 0.611. The maximum absolute atomic E-state index is 13.3. The van der Waals surface area contributed by atoms with E-state index >= 15 is 0 Å². The van der Waals surface area contributed by atoms with Gasteiger partial charge in [0.05, 0.1) is 0 Å². The van der Waals surface area contributed by atoms with Gasteiger partial charge in [0.1, 0.15) is 5.82 Å². The smallest absolute Gasteiger partial charge is 0.223 e. The number of carbonyl (C=O) groups excluding carboxylic acids is 1. The highest BCUT2D eigenvalue weighted by molar-refractivity contribution is 5.78. The maximum atomic E-state index is 13.3. The molecule has 1 aliphatic rings. The van der Waals surface area contributed by atoms with Crippen LogP contribution < -0.4 is 5.32 Å². The topological polar surface area (TPSA) is 32.3 Å². The molecule has 22 heavy (non-hydrogen) atoms. The van der Waals surface area contributed by atoms with E-state index in [4.69, 9.17) is 0 Å². The number of hydrogen-bond acceptors (Lipinski definition) is 2. The van der Waals surface area contributed by atoms with Gasteiger partial charge in [-0.3, -0.25) is 9.69 Å². The van der Waals surface area contributed by atoms with E-state index in [1.807, 2.05) is 6.07 Å². The third kappa shape index (κ3) is 4.54. The van der Waals surface area contributed by atoms with E-state index in [9.17, 15) is 9.18 Å². The standard InChI is InChI=1S/C18H27FN2O/c1-3-4-10-20-18(22)15-8-11-21(12-9-15)14(2)16-6-5-7-17(19)13-16/h5-7,13-15H,3-4,8-12H2,1-2H3,(H,20,22)/t14-/m0/s1. The third-order valence-electron chi connectivity index (χ3n) is 4.61. The summed E-state index contributed by atoms with van der Waals surface area (Å²) in [7, 11) is 0. The number of hydrogen-bond donors (Lipinski definition) is 1. The number of carbonyl (C=O) groups is 1. The molecule has 0 aromatic heterocycles. The summed E-state index contributed by atoms with van der Waals surface area (Å²) in [6, 6.07) is 7.00. The SMILES string of the molecule is CCCCNC(=O)C1CCN([C@@H](C)c2cccc(F)c2)CC1. The zero-order valence-corrected chi connectivity index (χ0v) is 13.6. The minimum absolute atomic E-state index is 0.132. The van der Waals surface area contributed by atoms with Crippen LogP contribution in [-0.4, -0.2) is 30.4 Å². The molecule has 4 heteroatoms. The molecule has 0 radical (unpaired) electrons. The van der Waals surface area contributed by atoms with Crippen molar-refractivity contribution in [1.29, 1.82) is 0 Å². The molecule has 1 saturated heterocycles. The van der Waals surface area contributed by atoms with Gasteiger partial charge in [0, 0.05) is 18.5 Å². The summed E-state index contributed by atoms with van der Waals surface area (Å²) in [6.45, 7) is 6.80. The first-order valence-corrected chi connectivity index (χ1v) is 8.39. The predicted molar refractivity (Wildman–Crippen MR) is 87.0 cm³/mol. The highest BCUT2D eigenvalue weighted by Gasteiger charge is 2.27. The van der Waals surface area contributed by atoms with Gasteiger partial charge in [-0.05, 0) is 57.0 Å². The lowest BCUT2D eigenvalue weighted by Crippen LogP contribution is -2.41. The van der Waals surface area contributed by atoms with Gasteiger partial charge in [-0.1, -0.05) is 25.5 Å². The molecular weight excluding hydrogens is 279 g/mol. The normalized spacial score (nSPS) is 18.1. The fourth-order valence-corrected chi connectivity index (χ4v) is 3.06. The lowest BCUT2D eigenvalue weighted by Gasteiger charge is -2.35. The van der Waals surface area contributed by atoms with E-state index in [2.05, 4.69) is 24.1 Å². The predicted octanol–water partition coefficient (Wildman–Crippen LogP) is 3.52. The lowest BCUT2D eigenvalue weighted by molar-refractivity contribution is -0.126. The van der Waals surface area contributed by atoms with E-state index in [0.717, 1.165) is 50.9 Å². The molecule has 1 aromatic carbocycles. The van der Waals surface area contributed by atoms with Gasteiger partial charge in [0.2, 0.25) is 5.91 Å². The number of nitrogens with one attached hydrogen (secondary N) is 1. The van der Waals surface area contributed by atoms with Gasteiger partial charge in [0.15, 0.2) is 0 Å². The van der Waals surface area contributed by atoms with Gasteiger partial charge in [-0.25, -0.2) is 4.39 Å². The molecule has 0 aliphatic carbocycles. The fourth-order valence-electron chi connectivity index (χ4n) is 3.06. The molecule has 122 valence electrons.